The molecule has 2 atom stereocenters. The maximum absolute atomic E-state index is 10.8. The first-order chi connectivity index (χ1) is 14.6. The molecule has 31 heavy (non-hydrogen) atoms. The fourth-order valence-corrected chi connectivity index (χ4v) is 6.77. The van der Waals surface area contributed by atoms with Crippen LogP contribution in [0.5, 0.6) is 5.75 Å². The molecule has 1 aliphatic carbocycles. The van der Waals surface area contributed by atoms with Crippen LogP contribution in [0, 0.1) is 5.41 Å². The number of benzene rings is 1. The minimum absolute atomic E-state index is 0.112. The van der Waals surface area contributed by atoms with Crippen molar-refractivity contribution in [3.63, 3.8) is 0 Å². The molecule has 1 unspecified atom stereocenters. The molecule has 5 N–H and O–H groups in total. The number of aliphatic imine (C=N–C) groups is 2. The molecule has 0 saturated heterocycles. The van der Waals surface area contributed by atoms with E-state index in [-0.39, 0.29) is 39.5 Å². The molecule has 0 spiro atoms. The van der Waals surface area contributed by atoms with E-state index in [1.54, 1.807) is 0 Å². The quantitative estimate of drug-likeness (QED) is 0.320. The summed E-state index contributed by atoms with van der Waals surface area (Å²) in [4.78, 5) is 9.12. The molecule has 1 aliphatic rings. The van der Waals surface area contributed by atoms with Crippen molar-refractivity contribution >= 4 is 44.7 Å². The molecule has 6 nitrogen and oxygen atoms in total. The largest absolute Gasteiger partial charge is 0.504 e. The van der Waals surface area contributed by atoms with Gasteiger partial charge in [-0.1, -0.05) is 61.8 Å². The van der Waals surface area contributed by atoms with E-state index in [1.165, 1.54) is 24.2 Å². The van der Waals surface area contributed by atoms with Gasteiger partial charge in [0.1, 0.15) is 9.90 Å². The molecule has 0 aliphatic heterocycles. The van der Waals surface area contributed by atoms with Crippen molar-refractivity contribution in [1.29, 1.82) is 0 Å². The second-order valence-corrected chi connectivity index (χ2v) is 12.0. The normalized spacial score (nSPS) is 17.9. The minimum atomic E-state index is -0.264. The fraction of sp³-hybridized carbons (Fsp3) is 0.435. The van der Waals surface area contributed by atoms with Crippen LogP contribution in [-0.4, -0.2) is 39.5 Å². The number of thiophene rings is 1. The summed E-state index contributed by atoms with van der Waals surface area (Å²) in [7, 11) is 1.85. The van der Waals surface area contributed by atoms with Crippen LogP contribution in [0.4, 0.5) is 5.69 Å². The van der Waals surface area contributed by atoms with Gasteiger partial charge in [0.2, 0.25) is 0 Å². The zero-order valence-corrected chi connectivity index (χ0v) is 20.5. The molecule has 0 radical (unpaired) electrons. The van der Waals surface area contributed by atoms with Crippen LogP contribution >= 0.6 is 22.0 Å². The second-order valence-electron chi connectivity index (χ2n) is 8.78. The fourth-order valence-electron chi connectivity index (χ4n) is 3.35. The lowest BCUT2D eigenvalue weighted by molar-refractivity contribution is 0.329. The Hall–Kier alpha value is -2.16. The van der Waals surface area contributed by atoms with Gasteiger partial charge in [-0.05, 0) is 43.2 Å². The van der Waals surface area contributed by atoms with Gasteiger partial charge in [-0.3, -0.25) is 9.30 Å². The van der Waals surface area contributed by atoms with Crippen LogP contribution in [0.15, 0.2) is 49.9 Å². The molecule has 168 valence electrons. The Balaban J connectivity index is 1.89. The van der Waals surface area contributed by atoms with Crippen LogP contribution in [-0.2, 0) is 0 Å². The van der Waals surface area contributed by atoms with Crippen LogP contribution in [0.25, 0.3) is 0 Å². The van der Waals surface area contributed by atoms with Gasteiger partial charge < -0.3 is 16.6 Å². The highest BCUT2D eigenvalue weighted by Gasteiger charge is 2.30. The van der Waals surface area contributed by atoms with E-state index in [0.717, 1.165) is 9.77 Å². The van der Waals surface area contributed by atoms with Gasteiger partial charge in [0.15, 0.2) is 17.4 Å². The van der Waals surface area contributed by atoms with Gasteiger partial charge in [0.05, 0.1) is 6.04 Å². The Morgan fingerprint density at radius 2 is 1.87 bits per heavy atom. The first kappa shape index (κ1) is 23.5. The molecule has 0 amide bonds. The van der Waals surface area contributed by atoms with Crippen LogP contribution in [0.1, 0.15) is 52.1 Å². The van der Waals surface area contributed by atoms with E-state index < -0.39 is 0 Å². The number of nitrogens with two attached hydrogens (primary N) is 2. The molecule has 3 rings (SSSR count). The second kappa shape index (κ2) is 9.54. The van der Waals surface area contributed by atoms with E-state index in [2.05, 4.69) is 42.5 Å². The molecule has 1 heterocycles. The highest BCUT2D eigenvalue weighted by molar-refractivity contribution is 8.14. The maximum atomic E-state index is 10.8. The lowest BCUT2D eigenvalue weighted by Crippen LogP contribution is -2.33. The Kier molecular flexibility index (Phi) is 7.24. The van der Waals surface area contributed by atoms with E-state index in [0.29, 0.717) is 11.7 Å². The third kappa shape index (κ3) is 5.56. The number of amidine groups is 2. The Morgan fingerprint density at radius 1 is 1.23 bits per heavy atom. The topological polar surface area (TPSA) is 100 Å². The van der Waals surface area contributed by atoms with E-state index in [1.807, 2.05) is 42.6 Å². The maximum Gasteiger partial charge on any atom is 0.166 e. The van der Waals surface area contributed by atoms with E-state index in [4.69, 9.17) is 16.5 Å². The lowest BCUT2D eigenvalue weighted by atomic mass is 9.83. The molecule has 1 aromatic carbocycles. The van der Waals surface area contributed by atoms with Crippen molar-refractivity contribution in [2.24, 2.45) is 26.9 Å². The molecule has 0 bridgehead atoms. The first-order valence-corrected chi connectivity index (χ1v) is 12.5. The highest BCUT2D eigenvalue weighted by Crippen LogP contribution is 2.49. The number of nitrogens with zero attached hydrogens (tertiary/aromatic N) is 3. The van der Waals surface area contributed by atoms with Gasteiger partial charge in [-0.15, -0.1) is 11.3 Å². The third-order valence-electron chi connectivity index (χ3n) is 5.21. The summed E-state index contributed by atoms with van der Waals surface area (Å²) in [6.07, 6.45) is 2.42. The van der Waals surface area contributed by atoms with E-state index >= 15 is 0 Å². The third-order valence-corrected chi connectivity index (χ3v) is 8.69. The van der Waals surface area contributed by atoms with Gasteiger partial charge in [-0.25, -0.2) is 4.99 Å². The van der Waals surface area contributed by atoms with Crippen LogP contribution in [0.2, 0.25) is 0 Å². The summed E-state index contributed by atoms with van der Waals surface area (Å²) in [5, 5.41) is 14.8. The number of hydrogen-bond acceptors (Lipinski definition) is 5. The van der Waals surface area contributed by atoms with Crippen LogP contribution < -0.4 is 11.5 Å². The zero-order valence-electron chi connectivity index (χ0n) is 18.9. The molecular weight excluding hydrogens is 426 g/mol. The Bertz CT molecular complexity index is 1000. The van der Waals surface area contributed by atoms with Gasteiger partial charge in [-0.2, -0.15) is 0 Å². The summed E-state index contributed by atoms with van der Waals surface area (Å²) in [6, 6.07) is 10.5. The predicted molar refractivity (Wildman–Crippen MR) is 136 cm³/mol. The molecule has 1 aromatic heterocycles. The van der Waals surface area contributed by atoms with Gasteiger partial charge >= 0.3 is 0 Å². The summed E-state index contributed by atoms with van der Waals surface area (Å²) >= 11 is 1.50. The molecule has 1 fully saturated rings. The SMILES string of the molecule is C/C=S(\c1scc(N=C(N)C(N)=N[C@@H](c2ccccc2)C(C)(C)C)c1O)N(C)C1CC1. The standard InChI is InChI=1S/C23H33N5OS2/c1-6-31(28(5)16-12-13-16)22-18(29)17(14-30-22)26-20(24)21(25)27-19(23(2,3)4)15-10-8-7-9-11-15/h6-11,14,16,19,29H,12-13H2,1-5H3,(H2,24,26)(H2,25,27)/t19-,31?/m0/s1. The van der Waals surface area contributed by atoms with Crippen molar-refractivity contribution < 1.29 is 5.11 Å². The smallest absolute Gasteiger partial charge is 0.166 e. The number of aromatic hydroxyl groups is 1. The molecule has 2 aromatic rings. The number of rotatable bonds is 6. The predicted octanol–water partition coefficient (Wildman–Crippen LogP) is 5.05. The minimum Gasteiger partial charge on any atom is -0.504 e. The Labute approximate surface area is 191 Å². The van der Waals surface area contributed by atoms with Gasteiger partial charge in [0.25, 0.3) is 0 Å². The molecule has 1 saturated carbocycles. The van der Waals surface area contributed by atoms with Crippen molar-refractivity contribution in [3.8, 4) is 5.75 Å². The molecule has 8 heteroatoms. The first-order valence-electron chi connectivity index (χ1n) is 10.4. The van der Waals surface area contributed by atoms with Crippen molar-refractivity contribution in [3.05, 3.63) is 41.3 Å². The monoisotopic (exact) mass is 459 g/mol. The van der Waals surface area contributed by atoms with E-state index in [9.17, 15) is 5.11 Å². The summed E-state index contributed by atoms with van der Waals surface area (Å²) in [5.74, 6) is 0.456. The average molecular weight is 460 g/mol. The van der Waals surface area contributed by atoms with Crippen molar-refractivity contribution in [2.75, 3.05) is 7.05 Å². The average Bonchev–Trinajstić information content (AvgIpc) is 3.52. The Morgan fingerprint density at radius 3 is 2.42 bits per heavy atom. The summed E-state index contributed by atoms with van der Waals surface area (Å²) in [5.41, 5.74) is 13.8. The van der Waals surface area contributed by atoms with Crippen molar-refractivity contribution in [2.45, 2.75) is 56.8 Å². The highest BCUT2D eigenvalue weighted by atomic mass is 32.2. The van der Waals surface area contributed by atoms with Gasteiger partial charge in [0, 0.05) is 11.4 Å². The summed E-state index contributed by atoms with van der Waals surface area (Å²) in [6.45, 7) is 8.37. The van der Waals surface area contributed by atoms with Crippen molar-refractivity contribution in [1.82, 2.24) is 4.31 Å². The lowest BCUT2D eigenvalue weighted by Gasteiger charge is -2.28. The number of hydrogen-bond donors (Lipinski definition) is 3. The molecular formula is C23H33N5OS2. The summed E-state index contributed by atoms with van der Waals surface area (Å²) < 4.78 is 3.22. The zero-order chi connectivity index (χ0) is 22.8. The van der Waals surface area contributed by atoms with Crippen LogP contribution in [0.3, 0.4) is 0 Å².